The summed E-state index contributed by atoms with van der Waals surface area (Å²) >= 11 is 0. The maximum atomic E-state index is 14.7. The molecular formula is C75H90F2N6O14S2Si2. The number of imide groups is 2. The lowest BCUT2D eigenvalue weighted by Gasteiger charge is -2.42. The highest BCUT2D eigenvalue weighted by Crippen LogP contribution is 2.53. The zero-order valence-corrected chi connectivity index (χ0v) is 64.3. The Morgan fingerprint density at radius 2 is 0.832 bits per heavy atom. The summed E-state index contributed by atoms with van der Waals surface area (Å²) in [4.78, 5) is 70.3. The van der Waals surface area contributed by atoms with Crippen LogP contribution in [-0.4, -0.2) is 125 Å². The molecule has 0 aliphatic carbocycles. The Bertz CT molecular complexity index is 4720. The van der Waals surface area contributed by atoms with E-state index in [4.69, 9.17) is 37.8 Å². The fourth-order valence-electron chi connectivity index (χ4n) is 14.8. The molecule has 538 valence electrons. The third kappa shape index (κ3) is 14.9. The molecule has 1 N–H and O–H groups in total. The first-order valence-corrected chi connectivity index (χ1v) is 41.4. The maximum Gasteiger partial charge on any atom is 0.265 e. The molecule has 0 spiro atoms. The van der Waals surface area contributed by atoms with Gasteiger partial charge in [-0.3, -0.25) is 48.0 Å². The molecule has 8 aromatic rings. The van der Waals surface area contributed by atoms with Crippen LogP contribution >= 0.6 is 0 Å². The predicted octanol–water partition coefficient (Wildman–Crippen LogP) is 15.4. The van der Waals surface area contributed by atoms with Gasteiger partial charge < -0.3 is 27.8 Å². The van der Waals surface area contributed by atoms with Gasteiger partial charge in [0.2, 0.25) is 20.0 Å². The van der Waals surface area contributed by atoms with Crippen LogP contribution in [0.3, 0.4) is 0 Å². The van der Waals surface area contributed by atoms with Crippen molar-refractivity contribution in [3.63, 3.8) is 0 Å². The largest absolute Gasteiger partial charge is 0.541 e. The minimum absolute atomic E-state index is 0.0110. The monoisotopic (exact) mass is 1460 g/mol. The summed E-state index contributed by atoms with van der Waals surface area (Å²) < 4.78 is 120. The Kier molecular flexibility index (Phi) is 22.6. The van der Waals surface area contributed by atoms with Crippen molar-refractivity contribution in [2.45, 2.75) is 142 Å². The van der Waals surface area contributed by atoms with Gasteiger partial charge in [0, 0.05) is 53.5 Å². The number of carbonyl (C=O) groups is 4. The molecule has 0 radical (unpaired) electrons. The van der Waals surface area contributed by atoms with Crippen molar-refractivity contribution >= 4 is 93.5 Å². The number of halogens is 2. The number of hydrogen-bond donors (Lipinski definition) is 1. The van der Waals surface area contributed by atoms with Crippen LogP contribution < -0.4 is 36.8 Å². The maximum absolute atomic E-state index is 14.7. The first kappa shape index (κ1) is 76.2. The lowest BCUT2D eigenvalue weighted by Crippen LogP contribution is -2.51. The lowest BCUT2D eigenvalue weighted by atomic mass is 9.98. The van der Waals surface area contributed by atoms with Crippen molar-refractivity contribution in [3.05, 3.63) is 177 Å². The highest BCUT2D eigenvalue weighted by molar-refractivity contribution is 7.92. The first-order chi connectivity index (χ1) is 47.5. The van der Waals surface area contributed by atoms with Gasteiger partial charge in [-0.2, -0.15) is 0 Å². The zero-order chi connectivity index (χ0) is 74.3. The van der Waals surface area contributed by atoms with Crippen LogP contribution in [0.5, 0.6) is 34.5 Å². The molecular weight excluding hydrogens is 1370 g/mol. The van der Waals surface area contributed by atoms with Gasteiger partial charge in [-0.15, -0.1) is 0 Å². The summed E-state index contributed by atoms with van der Waals surface area (Å²) in [7, 11) is -6.09. The number of fused-ring (bicyclic) bond motifs is 4. The number of nitrogens with zero attached hydrogens (tertiary/aromatic N) is 5. The van der Waals surface area contributed by atoms with Gasteiger partial charge in [-0.1, -0.05) is 107 Å². The van der Waals surface area contributed by atoms with Gasteiger partial charge >= 0.3 is 0 Å². The standard InChI is InChI=1S/C38H46FN3O7SSi.C37H44FN3O7SSi/c1-22(2)51(23(3)4,24(5)6)49-36-33-32(37(43)42(38(33)44)21-27-13-16-29(47-8)19-31(27)48-9)35(41(7)50(10,45)46)30-18-26(20-40-34(30)36)17-25-11-14-28(39)15-12-25;1-21(2)50(22(3)4,23(5)6)48-35-32-31(36(42)41(37(32)43)20-26-12-15-28(46-7)18-30(26)47-8)33(40-49(9,44)45)29-17-25(19-39-34(29)35)16-24-10-13-27(38)14-11-24/h11-16,18-20,22-24H,17,21H2,1-10H3;10-15,17-19,21-23,40H,16,20H2,1-9H3. The average molecular weight is 1460 g/mol. The number of methoxy groups -OCH3 is 4. The quantitative estimate of drug-likeness (QED) is 0.0391. The molecule has 26 heteroatoms. The number of amides is 4. The molecule has 0 bridgehead atoms. The summed E-state index contributed by atoms with van der Waals surface area (Å²) in [5.74, 6) is -1.07. The number of rotatable bonds is 26. The Morgan fingerprint density at radius 1 is 0.475 bits per heavy atom. The summed E-state index contributed by atoms with van der Waals surface area (Å²) in [5.41, 5.74) is 5.03. The average Bonchev–Trinajstić information content (AvgIpc) is 1.62. The van der Waals surface area contributed by atoms with Gasteiger partial charge in [-0.05, 0) is 129 Å². The number of nitrogens with one attached hydrogen (secondary N) is 1. The number of anilines is 2. The van der Waals surface area contributed by atoms with Crippen LogP contribution in [-0.2, 0) is 46.0 Å². The molecule has 10 rings (SSSR count). The number of carbonyl (C=O) groups excluding carboxylic acids is 4. The van der Waals surface area contributed by atoms with E-state index in [-0.39, 0.29) is 114 Å². The van der Waals surface area contributed by atoms with Crippen LogP contribution in [0.15, 0.2) is 109 Å². The van der Waals surface area contributed by atoms with E-state index in [2.05, 4.69) is 87.8 Å². The fourth-order valence-corrected chi connectivity index (χ4v) is 26.4. The van der Waals surface area contributed by atoms with E-state index in [9.17, 15) is 44.8 Å². The second kappa shape index (κ2) is 29.9. The third-order valence-corrected chi connectivity index (χ3v) is 33.2. The SMILES string of the molecule is COc1ccc(CN2C(=O)c3c(c(O[Si](C(C)C)(C(C)C)C(C)C)c4ncc(Cc5ccc(F)cc5)cc4c3N(C)S(C)(=O)=O)C2=O)c(OC)c1.COc1ccc(CN2C(=O)c3c(c(O[Si](C(C)C)(C(C)C)C(C)C)c4ncc(Cc5ccc(F)cc5)cc4c3NS(C)(=O)=O)C2=O)c(OC)c1. The van der Waals surface area contributed by atoms with Gasteiger partial charge in [0.25, 0.3) is 40.3 Å². The van der Waals surface area contributed by atoms with Gasteiger partial charge in [0.1, 0.15) is 57.2 Å². The smallest absolute Gasteiger partial charge is 0.265 e. The molecule has 0 fully saturated rings. The van der Waals surface area contributed by atoms with E-state index in [0.29, 0.717) is 68.9 Å². The van der Waals surface area contributed by atoms with Crippen molar-refractivity contribution in [2.24, 2.45) is 0 Å². The Labute approximate surface area is 593 Å². The number of benzene rings is 6. The normalized spacial score (nSPS) is 13.5. The van der Waals surface area contributed by atoms with Crippen molar-refractivity contribution < 1.29 is 72.6 Å². The summed E-state index contributed by atoms with van der Waals surface area (Å²) in [6.07, 6.45) is 6.03. The van der Waals surface area contributed by atoms with Crippen molar-refractivity contribution in [3.8, 4) is 34.5 Å². The predicted molar refractivity (Wildman–Crippen MR) is 394 cm³/mol. The van der Waals surface area contributed by atoms with Crippen molar-refractivity contribution in [1.82, 2.24) is 19.8 Å². The molecule has 0 unspecified atom stereocenters. The van der Waals surface area contributed by atoms with Crippen molar-refractivity contribution in [1.29, 1.82) is 0 Å². The van der Waals surface area contributed by atoms with Crippen molar-refractivity contribution in [2.75, 3.05) is 57.0 Å². The first-order valence-electron chi connectivity index (χ1n) is 33.4. The molecule has 2 aliphatic heterocycles. The molecule has 101 heavy (non-hydrogen) atoms. The van der Waals surface area contributed by atoms with Crippen LogP contribution in [0, 0.1) is 11.6 Å². The van der Waals surface area contributed by atoms with E-state index in [0.717, 1.165) is 37.7 Å². The van der Waals surface area contributed by atoms with E-state index in [1.165, 1.54) is 59.8 Å². The highest BCUT2D eigenvalue weighted by Gasteiger charge is 2.53. The van der Waals surface area contributed by atoms with E-state index in [1.807, 2.05) is 0 Å². The Balaban J connectivity index is 0.000000235. The number of pyridine rings is 2. The molecule has 2 aromatic heterocycles. The van der Waals surface area contributed by atoms with E-state index < -0.39 is 60.3 Å². The van der Waals surface area contributed by atoms with Gasteiger partial charge in [0.15, 0.2) is 0 Å². The Hall–Kier alpha value is -8.99. The molecule has 4 amide bonds. The molecule has 2 aliphatic rings. The second-order valence-electron chi connectivity index (χ2n) is 27.7. The summed E-state index contributed by atoms with van der Waals surface area (Å²) in [6.45, 7) is 25.0. The molecule has 0 saturated heterocycles. The van der Waals surface area contributed by atoms with Crippen LogP contribution in [0.1, 0.15) is 158 Å². The molecule has 4 heterocycles. The van der Waals surface area contributed by atoms with Crippen LogP contribution in [0.25, 0.3) is 21.8 Å². The number of sulfonamides is 2. The van der Waals surface area contributed by atoms with Gasteiger partial charge in [-0.25, -0.2) is 25.6 Å². The molecule has 6 aromatic carbocycles. The minimum Gasteiger partial charge on any atom is -0.541 e. The summed E-state index contributed by atoms with van der Waals surface area (Å²) in [5, 5.41) is 0.661. The number of hydrogen-bond acceptors (Lipinski definition) is 16. The highest BCUT2D eigenvalue weighted by atomic mass is 32.2. The van der Waals surface area contributed by atoms with Gasteiger partial charge in [0.05, 0.1) is 87.7 Å². The summed E-state index contributed by atoms with van der Waals surface area (Å²) in [6, 6.07) is 25.8. The fraction of sp³-hybridized carbons (Fsp3) is 0.387. The van der Waals surface area contributed by atoms with Crippen LogP contribution in [0.4, 0.5) is 20.2 Å². The zero-order valence-electron chi connectivity index (χ0n) is 60.7. The number of ether oxygens (including phenoxy) is 4. The molecule has 0 saturated carbocycles. The molecule has 20 nitrogen and oxygen atoms in total. The minimum atomic E-state index is -3.96. The molecule has 0 atom stereocenters. The third-order valence-electron chi connectivity index (χ3n) is 19.5. The van der Waals surface area contributed by atoms with Crippen LogP contribution in [0.2, 0.25) is 33.2 Å². The lowest BCUT2D eigenvalue weighted by molar-refractivity contribution is 0.0625. The number of aromatic nitrogens is 2. The Morgan fingerprint density at radius 3 is 1.19 bits per heavy atom. The topological polar surface area (TPSA) is 239 Å². The van der Waals surface area contributed by atoms with E-state index in [1.54, 1.807) is 85.2 Å². The van der Waals surface area contributed by atoms with E-state index >= 15 is 0 Å². The second-order valence-corrected chi connectivity index (χ2v) is 42.2.